The third kappa shape index (κ3) is 5.26. The Balaban J connectivity index is 1.58. The minimum absolute atomic E-state index is 0.266. The number of thiazole rings is 1. The van der Waals surface area contributed by atoms with E-state index in [2.05, 4.69) is 21.5 Å². The van der Waals surface area contributed by atoms with Crippen LogP contribution in [0, 0.1) is 0 Å². The highest BCUT2D eigenvalue weighted by molar-refractivity contribution is 7.93. The molecule has 26 heavy (non-hydrogen) atoms. The lowest BCUT2D eigenvalue weighted by Crippen LogP contribution is -2.37. The lowest BCUT2D eigenvalue weighted by atomic mass is 10.1. The third-order valence-electron chi connectivity index (χ3n) is 4.33. The second kappa shape index (κ2) is 8.94. The molecule has 0 amide bonds. The highest BCUT2D eigenvalue weighted by atomic mass is 32.2. The number of hydrogen-bond donors (Lipinski definition) is 1. The Morgan fingerprint density at radius 3 is 2.62 bits per heavy atom. The molecule has 3 rings (SSSR count). The second-order valence-corrected chi connectivity index (χ2v) is 8.89. The average Bonchev–Trinajstić information content (AvgIpc) is 3.08. The third-order valence-corrected chi connectivity index (χ3v) is 6.62. The molecule has 0 atom stereocenters. The normalized spacial score (nSPS) is 15.9. The van der Waals surface area contributed by atoms with Crippen LogP contribution in [-0.2, 0) is 27.6 Å². The van der Waals surface area contributed by atoms with E-state index in [1.54, 1.807) is 12.1 Å². The molecule has 1 aromatic carbocycles. The van der Waals surface area contributed by atoms with Crippen LogP contribution in [-0.4, -0.2) is 51.1 Å². The van der Waals surface area contributed by atoms with Crippen LogP contribution in [0.1, 0.15) is 24.6 Å². The van der Waals surface area contributed by atoms with Crippen LogP contribution in [0.5, 0.6) is 0 Å². The average molecular weight is 396 g/mol. The molecule has 1 aliphatic heterocycles. The van der Waals surface area contributed by atoms with E-state index < -0.39 is 10.0 Å². The van der Waals surface area contributed by atoms with Gasteiger partial charge in [-0.2, -0.15) is 0 Å². The quantitative estimate of drug-likeness (QED) is 0.744. The molecule has 0 saturated carbocycles. The van der Waals surface area contributed by atoms with Gasteiger partial charge in [0.1, 0.15) is 0 Å². The summed E-state index contributed by atoms with van der Waals surface area (Å²) in [7, 11) is -3.60. The van der Waals surface area contributed by atoms with Crippen molar-refractivity contribution in [2.45, 2.75) is 31.1 Å². The van der Waals surface area contributed by atoms with Crippen LogP contribution in [0.3, 0.4) is 0 Å². The summed E-state index contributed by atoms with van der Waals surface area (Å²) in [6.07, 6.45) is 2.80. The maximum atomic E-state index is 12.5. The van der Waals surface area contributed by atoms with E-state index in [-0.39, 0.29) is 4.90 Å². The molecule has 1 aliphatic rings. The number of nitrogens with one attached hydrogen (secondary N) is 1. The summed E-state index contributed by atoms with van der Waals surface area (Å²) in [6.45, 7) is 6.46. The van der Waals surface area contributed by atoms with E-state index in [1.807, 2.05) is 17.5 Å². The zero-order valence-electron chi connectivity index (χ0n) is 15.0. The van der Waals surface area contributed by atoms with Crippen LogP contribution < -0.4 is 4.72 Å². The fraction of sp³-hybridized carbons (Fsp3) is 0.500. The fourth-order valence-corrected chi connectivity index (χ4v) is 4.86. The van der Waals surface area contributed by atoms with Crippen LogP contribution in [0.4, 0.5) is 5.13 Å². The molecule has 8 heteroatoms. The molecule has 0 bridgehead atoms. The lowest BCUT2D eigenvalue weighted by molar-refractivity contribution is 0.0383. The number of sulfonamides is 1. The Morgan fingerprint density at radius 1 is 1.19 bits per heavy atom. The summed E-state index contributed by atoms with van der Waals surface area (Å²) < 4.78 is 33.0. The number of nitrogens with zero attached hydrogens (tertiary/aromatic N) is 2. The van der Waals surface area contributed by atoms with Crippen molar-refractivity contribution in [2.24, 2.45) is 0 Å². The molecule has 0 radical (unpaired) electrons. The molecule has 1 aromatic heterocycles. The minimum Gasteiger partial charge on any atom is -0.379 e. The van der Waals surface area contributed by atoms with E-state index in [4.69, 9.17) is 4.74 Å². The molecule has 0 aliphatic carbocycles. The van der Waals surface area contributed by atoms with Gasteiger partial charge in [0.05, 0.1) is 23.8 Å². The summed E-state index contributed by atoms with van der Waals surface area (Å²) in [5, 5.41) is 2.34. The Morgan fingerprint density at radius 2 is 1.92 bits per heavy atom. The summed E-state index contributed by atoms with van der Waals surface area (Å²) in [5.41, 5.74) is 2.06. The molecular weight excluding hydrogens is 370 g/mol. The van der Waals surface area contributed by atoms with Crippen LogP contribution in [0.25, 0.3) is 0 Å². The van der Waals surface area contributed by atoms with E-state index in [0.29, 0.717) is 5.13 Å². The molecule has 6 nitrogen and oxygen atoms in total. The van der Waals surface area contributed by atoms with Gasteiger partial charge in [-0.1, -0.05) is 25.5 Å². The van der Waals surface area contributed by atoms with Crippen molar-refractivity contribution < 1.29 is 13.2 Å². The van der Waals surface area contributed by atoms with E-state index in [1.165, 1.54) is 11.3 Å². The van der Waals surface area contributed by atoms with Gasteiger partial charge in [0.15, 0.2) is 5.13 Å². The number of benzene rings is 1. The van der Waals surface area contributed by atoms with Crippen molar-refractivity contribution in [2.75, 3.05) is 37.6 Å². The van der Waals surface area contributed by atoms with Gasteiger partial charge in [0.25, 0.3) is 10.0 Å². The van der Waals surface area contributed by atoms with Crippen molar-refractivity contribution in [1.29, 1.82) is 0 Å². The zero-order valence-corrected chi connectivity index (χ0v) is 16.6. The summed E-state index contributed by atoms with van der Waals surface area (Å²) >= 11 is 1.32. The molecule has 2 heterocycles. The maximum absolute atomic E-state index is 12.5. The number of aromatic nitrogens is 1. The molecule has 0 spiro atoms. The molecule has 2 aromatic rings. The van der Waals surface area contributed by atoms with Gasteiger partial charge in [-0.25, -0.2) is 13.4 Å². The van der Waals surface area contributed by atoms with Gasteiger partial charge in [0, 0.05) is 31.4 Å². The Labute approximate surface area is 159 Å². The zero-order chi connectivity index (χ0) is 18.4. The van der Waals surface area contributed by atoms with Crippen molar-refractivity contribution in [3.8, 4) is 0 Å². The molecule has 0 unspecified atom stereocenters. The molecule has 1 N–H and O–H groups in total. The first-order chi connectivity index (χ1) is 12.6. The maximum Gasteiger partial charge on any atom is 0.263 e. The number of anilines is 1. The molecule has 1 saturated heterocycles. The van der Waals surface area contributed by atoms with Gasteiger partial charge in [-0.15, -0.1) is 11.3 Å². The predicted molar refractivity (Wildman–Crippen MR) is 104 cm³/mol. The first-order valence-corrected chi connectivity index (χ1v) is 11.3. The highest BCUT2D eigenvalue weighted by Crippen LogP contribution is 2.21. The van der Waals surface area contributed by atoms with Gasteiger partial charge in [-0.3, -0.25) is 9.62 Å². The van der Waals surface area contributed by atoms with E-state index in [0.717, 1.165) is 63.4 Å². The fourth-order valence-electron chi connectivity index (χ4n) is 2.86. The van der Waals surface area contributed by atoms with Gasteiger partial charge in [-0.05, 0) is 24.1 Å². The minimum atomic E-state index is -3.60. The van der Waals surface area contributed by atoms with Gasteiger partial charge in [0.2, 0.25) is 0 Å². The van der Waals surface area contributed by atoms with Crippen LogP contribution >= 0.6 is 11.3 Å². The number of aryl methyl sites for hydroxylation is 1. The first-order valence-electron chi connectivity index (χ1n) is 8.93. The smallest absolute Gasteiger partial charge is 0.263 e. The van der Waals surface area contributed by atoms with Crippen molar-refractivity contribution in [3.63, 3.8) is 0 Å². The SMILES string of the molecule is CCCc1ccc(S(=O)(=O)Nc2nc(CCN3CCOCC3)cs2)cc1. The Kier molecular flexibility index (Phi) is 6.63. The van der Waals surface area contributed by atoms with E-state index >= 15 is 0 Å². The number of hydrogen-bond acceptors (Lipinski definition) is 6. The second-order valence-electron chi connectivity index (χ2n) is 6.35. The predicted octanol–water partition coefficient (Wildman–Crippen LogP) is 2.77. The summed E-state index contributed by atoms with van der Waals surface area (Å²) in [4.78, 5) is 7.03. The number of ether oxygens (including phenoxy) is 1. The molecule has 142 valence electrons. The van der Waals surface area contributed by atoms with Crippen molar-refractivity contribution in [1.82, 2.24) is 9.88 Å². The van der Waals surface area contributed by atoms with Crippen LogP contribution in [0.2, 0.25) is 0 Å². The number of morpholine rings is 1. The summed E-state index contributed by atoms with van der Waals surface area (Å²) in [6, 6.07) is 7.04. The standard InChI is InChI=1S/C18H25N3O3S2/c1-2-3-15-4-6-17(7-5-15)26(22,23)20-18-19-16(14-25-18)8-9-21-10-12-24-13-11-21/h4-7,14H,2-3,8-13H2,1H3,(H,19,20). The van der Waals surface area contributed by atoms with E-state index in [9.17, 15) is 8.42 Å². The van der Waals surface area contributed by atoms with Gasteiger partial charge < -0.3 is 4.74 Å². The summed E-state index contributed by atoms with van der Waals surface area (Å²) in [5.74, 6) is 0. The van der Waals surface area contributed by atoms with Crippen molar-refractivity contribution >= 4 is 26.5 Å². The Hall–Kier alpha value is -1.48. The molecular formula is C18H25N3O3S2. The van der Waals surface area contributed by atoms with Gasteiger partial charge >= 0.3 is 0 Å². The topological polar surface area (TPSA) is 71.5 Å². The molecule has 1 fully saturated rings. The van der Waals surface area contributed by atoms with Crippen molar-refractivity contribution in [3.05, 3.63) is 40.9 Å². The monoisotopic (exact) mass is 395 g/mol. The largest absolute Gasteiger partial charge is 0.379 e. The first kappa shape index (κ1) is 19.3. The van der Waals surface area contributed by atoms with Crippen LogP contribution in [0.15, 0.2) is 34.5 Å². The highest BCUT2D eigenvalue weighted by Gasteiger charge is 2.17. The lowest BCUT2D eigenvalue weighted by Gasteiger charge is -2.26. The Bertz CT molecular complexity index is 797. The number of rotatable bonds is 8.